The van der Waals surface area contributed by atoms with E-state index >= 15 is 0 Å². The minimum Gasteiger partial charge on any atom is -0.665 e. The van der Waals surface area contributed by atoms with Gasteiger partial charge in [-0.05, 0) is 38.4 Å². The Labute approximate surface area is 141 Å². The van der Waals surface area contributed by atoms with Crippen LogP contribution in [-0.4, -0.2) is 65.3 Å². The summed E-state index contributed by atoms with van der Waals surface area (Å²) >= 11 is 0. The molecule has 0 aliphatic carbocycles. The van der Waals surface area contributed by atoms with Gasteiger partial charge in [0.15, 0.2) is 0 Å². The number of nitrogens with two attached hydrogens (primary N) is 3. The van der Waals surface area contributed by atoms with Crippen molar-refractivity contribution in [1.82, 2.24) is 0 Å². The summed E-state index contributed by atoms with van der Waals surface area (Å²) in [6.45, 7) is 1.16. The largest absolute Gasteiger partial charge is 2.00 e. The van der Waals surface area contributed by atoms with Crippen molar-refractivity contribution in [3.8, 4) is 0 Å². The van der Waals surface area contributed by atoms with Gasteiger partial charge in [-0.25, -0.2) is 0 Å². The number of rotatable bonds is 10. The number of aliphatic carboxylic acids is 2. The molecule has 8 nitrogen and oxygen atoms in total. The quantitative estimate of drug-likeness (QED) is 0.277. The SMILES string of the molecule is NCCCCC(N)C(=O)[O-].[Mg+2].[NH-]C(CCCCN)C(=O)O. The fourth-order valence-electron chi connectivity index (χ4n) is 1.24. The molecule has 0 spiro atoms. The third-order valence-electron chi connectivity index (χ3n) is 2.52. The zero-order valence-corrected chi connectivity index (χ0v) is 13.8. The Hall–Kier alpha value is -0.454. The van der Waals surface area contributed by atoms with Gasteiger partial charge in [-0.15, -0.1) is 0 Å². The number of hydrogen-bond donors (Lipinski definition) is 4. The maximum atomic E-state index is 10.1. The van der Waals surface area contributed by atoms with Crippen molar-refractivity contribution in [2.24, 2.45) is 17.2 Å². The number of unbranched alkanes of at least 4 members (excludes halogenated alkanes) is 2. The van der Waals surface area contributed by atoms with Crippen LogP contribution in [0.4, 0.5) is 0 Å². The number of nitrogens with one attached hydrogen (secondary N) is 1. The standard InChI is InChI=1S/C6H14N2O2.C6H13N2O2.Mg/c2*7-4-2-1-3-5(8)6(9)10;/h5H,1-4,7-8H2,(H,9,10);5,8H,1-4,7H2,(H,9,10);/q;-1;+2/p-1. The van der Waals surface area contributed by atoms with Crippen molar-refractivity contribution in [1.29, 1.82) is 0 Å². The van der Waals surface area contributed by atoms with Gasteiger partial charge in [-0.1, -0.05) is 19.3 Å². The van der Waals surface area contributed by atoms with E-state index < -0.39 is 24.0 Å². The van der Waals surface area contributed by atoms with Gasteiger partial charge in [0.2, 0.25) is 0 Å². The van der Waals surface area contributed by atoms with E-state index in [0.29, 0.717) is 25.9 Å². The fraction of sp³-hybridized carbons (Fsp3) is 0.833. The number of hydrogen-bond acceptors (Lipinski definition) is 6. The summed E-state index contributed by atoms with van der Waals surface area (Å²) in [7, 11) is 0. The molecule has 0 aromatic carbocycles. The summed E-state index contributed by atoms with van der Waals surface area (Å²) in [6, 6.07) is -1.79. The molecule has 0 aromatic rings. The van der Waals surface area contributed by atoms with E-state index in [1.807, 2.05) is 0 Å². The molecule has 0 fully saturated rings. The normalized spacial score (nSPS) is 12.4. The molecule has 0 aliphatic rings. The molecule has 0 aliphatic heterocycles. The summed E-state index contributed by atoms with van der Waals surface area (Å²) in [5.41, 5.74) is 22.5. The van der Waals surface area contributed by atoms with Crippen LogP contribution in [0.3, 0.4) is 0 Å². The Morgan fingerprint density at radius 2 is 1.48 bits per heavy atom. The number of carboxylic acids is 2. The first kappa shape index (κ1) is 25.5. The predicted octanol–water partition coefficient (Wildman–Crippen LogP) is -1.57. The van der Waals surface area contributed by atoms with Crippen LogP contribution in [0.1, 0.15) is 38.5 Å². The van der Waals surface area contributed by atoms with Gasteiger partial charge in [0.05, 0.1) is 5.97 Å². The number of carbonyl (C=O) groups excluding carboxylic acids is 1. The molecular formula is C12H26MgN4O4. The van der Waals surface area contributed by atoms with Crippen LogP contribution >= 0.6 is 0 Å². The molecule has 2 atom stereocenters. The Morgan fingerprint density at radius 1 is 1.05 bits per heavy atom. The Balaban J connectivity index is -0.000000295. The summed E-state index contributed by atoms with van der Waals surface area (Å²) in [5.74, 6) is -2.23. The van der Waals surface area contributed by atoms with Gasteiger partial charge in [0.1, 0.15) is 0 Å². The molecule has 0 saturated carbocycles. The van der Waals surface area contributed by atoms with Crippen LogP contribution in [-0.2, 0) is 9.59 Å². The second-order valence-electron chi connectivity index (χ2n) is 4.39. The Kier molecular flexibility index (Phi) is 21.4. The summed E-state index contributed by atoms with van der Waals surface area (Å²) in [6.07, 6.45) is 3.98. The van der Waals surface area contributed by atoms with E-state index in [4.69, 9.17) is 28.0 Å². The molecule has 9 heteroatoms. The van der Waals surface area contributed by atoms with Gasteiger partial charge in [-0.2, -0.15) is 0 Å². The summed E-state index contributed by atoms with van der Waals surface area (Å²) in [5, 5.41) is 18.3. The van der Waals surface area contributed by atoms with E-state index in [1.54, 1.807) is 0 Å². The first-order valence-electron chi connectivity index (χ1n) is 6.67. The Bertz CT molecular complexity index is 244. The molecule has 0 rings (SSSR count). The second-order valence-corrected chi connectivity index (χ2v) is 4.39. The summed E-state index contributed by atoms with van der Waals surface area (Å²) < 4.78 is 0. The molecule has 21 heavy (non-hydrogen) atoms. The smallest absolute Gasteiger partial charge is 0.665 e. The van der Waals surface area contributed by atoms with Crippen molar-refractivity contribution >= 4 is 35.0 Å². The van der Waals surface area contributed by atoms with Gasteiger partial charge < -0.3 is 37.9 Å². The van der Waals surface area contributed by atoms with E-state index in [1.165, 1.54) is 0 Å². The molecule has 8 N–H and O–H groups in total. The molecule has 120 valence electrons. The molecule has 0 radical (unpaired) electrons. The third kappa shape index (κ3) is 19.5. The zero-order chi connectivity index (χ0) is 16.0. The second kappa shape index (κ2) is 17.6. The third-order valence-corrected chi connectivity index (χ3v) is 2.52. The minimum atomic E-state index is -1.18. The number of carbonyl (C=O) groups is 2. The van der Waals surface area contributed by atoms with Gasteiger partial charge in [0, 0.05) is 6.04 Å². The molecule has 0 aromatic heterocycles. The van der Waals surface area contributed by atoms with Gasteiger partial charge >= 0.3 is 23.1 Å². The van der Waals surface area contributed by atoms with Gasteiger partial charge in [-0.3, -0.25) is 4.79 Å². The van der Waals surface area contributed by atoms with Crippen LogP contribution in [0.15, 0.2) is 0 Å². The molecule has 0 bridgehead atoms. The van der Waals surface area contributed by atoms with Crippen LogP contribution < -0.4 is 22.3 Å². The van der Waals surface area contributed by atoms with Crippen molar-refractivity contribution in [3.05, 3.63) is 5.73 Å². The molecule has 0 heterocycles. The average Bonchev–Trinajstić information content (AvgIpc) is 2.39. The zero-order valence-electron chi connectivity index (χ0n) is 12.4. The monoisotopic (exact) mass is 314 g/mol. The average molecular weight is 315 g/mol. The van der Waals surface area contributed by atoms with Crippen LogP contribution in [0, 0.1) is 0 Å². The molecular weight excluding hydrogens is 288 g/mol. The fourth-order valence-corrected chi connectivity index (χ4v) is 1.24. The first-order valence-corrected chi connectivity index (χ1v) is 6.67. The van der Waals surface area contributed by atoms with Crippen molar-refractivity contribution in [2.45, 2.75) is 50.6 Å². The van der Waals surface area contributed by atoms with E-state index in [2.05, 4.69) is 0 Å². The Morgan fingerprint density at radius 3 is 1.81 bits per heavy atom. The topological polar surface area (TPSA) is 179 Å². The first-order chi connectivity index (χ1) is 9.36. The van der Waals surface area contributed by atoms with Gasteiger partial charge in [0.25, 0.3) is 5.97 Å². The van der Waals surface area contributed by atoms with Crippen LogP contribution in [0.5, 0.6) is 0 Å². The van der Waals surface area contributed by atoms with Crippen LogP contribution in [0.2, 0.25) is 0 Å². The van der Waals surface area contributed by atoms with E-state index in [9.17, 15) is 14.7 Å². The van der Waals surface area contributed by atoms with Crippen molar-refractivity contribution in [3.63, 3.8) is 0 Å². The van der Waals surface area contributed by atoms with E-state index in [0.717, 1.165) is 25.7 Å². The molecule has 0 saturated heterocycles. The van der Waals surface area contributed by atoms with E-state index in [-0.39, 0.29) is 23.1 Å². The molecule has 2 unspecified atom stereocenters. The maximum absolute atomic E-state index is 10.1. The minimum absolute atomic E-state index is 0. The maximum Gasteiger partial charge on any atom is 2.00 e. The number of carboxylic acid groups (broad SMARTS) is 2. The summed E-state index contributed by atoms with van der Waals surface area (Å²) in [4.78, 5) is 20.1. The van der Waals surface area contributed by atoms with Crippen LogP contribution in [0.25, 0.3) is 5.73 Å². The molecule has 0 amide bonds. The predicted molar refractivity (Wildman–Crippen MR) is 80.3 cm³/mol. The van der Waals surface area contributed by atoms with Crippen molar-refractivity contribution < 1.29 is 19.8 Å². The van der Waals surface area contributed by atoms with Crippen molar-refractivity contribution in [2.75, 3.05) is 13.1 Å².